The molecule has 21 heavy (non-hydrogen) atoms. The second kappa shape index (κ2) is 6.62. The van der Waals surface area contributed by atoms with Crippen LogP contribution in [0.25, 0.3) is 10.6 Å². The fraction of sp³-hybridized carbons (Fsp3) is 0.429. The largest absolute Gasteiger partial charge is 0.337 e. The van der Waals surface area contributed by atoms with Crippen LogP contribution in [0.1, 0.15) is 19.5 Å². The van der Waals surface area contributed by atoms with Crippen LogP contribution in [-0.2, 0) is 0 Å². The lowest BCUT2D eigenvalue weighted by atomic mass is 10.2. The first kappa shape index (κ1) is 15.4. The number of hydrogen-bond donors (Lipinski definition) is 1. The molecule has 0 bridgehead atoms. The summed E-state index contributed by atoms with van der Waals surface area (Å²) in [6, 6.07) is -0.119. The van der Waals surface area contributed by atoms with Crippen molar-refractivity contribution in [3.8, 4) is 10.6 Å². The number of hydrogen-bond acceptors (Lipinski definition) is 5. The summed E-state index contributed by atoms with van der Waals surface area (Å²) in [5, 5.41) is 4.54. The van der Waals surface area contributed by atoms with Gasteiger partial charge < -0.3 is 5.32 Å². The molecule has 2 rings (SSSR count). The Morgan fingerprint density at radius 3 is 2.67 bits per heavy atom. The van der Waals surface area contributed by atoms with Crippen LogP contribution in [0.15, 0.2) is 18.7 Å². The maximum Gasteiger partial charge on any atom is 0.322 e. The molecular weight excluding hydrogens is 286 g/mol. The molecule has 0 aliphatic carbocycles. The molecule has 0 atom stereocenters. The van der Waals surface area contributed by atoms with Gasteiger partial charge in [0.1, 0.15) is 16.3 Å². The number of carbonyl (C=O) groups is 1. The van der Waals surface area contributed by atoms with E-state index in [9.17, 15) is 4.79 Å². The summed E-state index contributed by atoms with van der Waals surface area (Å²) in [6.45, 7) is 6.67. The normalized spacial score (nSPS) is 10.7. The minimum absolute atomic E-state index is 0.119. The highest BCUT2D eigenvalue weighted by molar-refractivity contribution is 7.19. The second-order valence-corrected chi connectivity index (χ2v) is 6.15. The zero-order chi connectivity index (χ0) is 15.4. The van der Waals surface area contributed by atoms with E-state index in [-0.39, 0.29) is 6.03 Å². The summed E-state index contributed by atoms with van der Waals surface area (Å²) in [7, 11) is 1.75. The van der Waals surface area contributed by atoms with Gasteiger partial charge in [-0.25, -0.2) is 19.7 Å². The van der Waals surface area contributed by atoms with Gasteiger partial charge in [0.2, 0.25) is 0 Å². The molecule has 6 nitrogen and oxygen atoms in total. The highest BCUT2D eigenvalue weighted by Gasteiger charge is 2.18. The predicted molar refractivity (Wildman–Crippen MR) is 84.5 cm³/mol. The van der Waals surface area contributed by atoms with Crippen molar-refractivity contribution in [2.24, 2.45) is 5.92 Å². The summed E-state index contributed by atoms with van der Waals surface area (Å²) in [5.41, 5.74) is 1.67. The molecule has 112 valence electrons. The molecule has 0 saturated carbocycles. The molecule has 0 spiro atoms. The van der Waals surface area contributed by atoms with Crippen molar-refractivity contribution < 1.29 is 4.79 Å². The van der Waals surface area contributed by atoms with E-state index in [4.69, 9.17) is 0 Å². The molecule has 0 unspecified atom stereocenters. The van der Waals surface area contributed by atoms with Gasteiger partial charge in [-0.05, 0) is 12.8 Å². The highest BCUT2D eigenvalue weighted by atomic mass is 32.1. The number of urea groups is 1. The van der Waals surface area contributed by atoms with Crippen LogP contribution >= 0.6 is 11.3 Å². The van der Waals surface area contributed by atoms with E-state index in [2.05, 4.69) is 34.1 Å². The Balaban J connectivity index is 2.17. The monoisotopic (exact) mass is 305 g/mol. The lowest BCUT2D eigenvalue weighted by Gasteiger charge is -2.17. The average Bonchev–Trinajstić information content (AvgIpc) is 2.86. The number of rotatable bonds is 4. The molecule has 2 amide bonds. The zero-order valence-electron chi connectivity index (χ0n) is 12.6. The third kappa shape index (κ3) is 3.75. The van der Waals surface area contributed by atoms with Crippen molar-refractivity contribution >= 4 is 22.4 Å². The minimum Gasteiger partial charge on any atom is -0.337 e. The quantitative estimate of drug-likeness (QED) is 0.942. The van der Waals surface area contributed by atoms with Gasteiger partial charge in [0.15, 0.2) is 0 Å². The Bertz CT molecular complexity index is 611. The molecule has 0 aliphatic heterocycles. The van der Waals surface area contributed by atoms with Gasteiger partial charge in [-0.1, -0.05) is 25.2 Å². The van der Waals surface area contributed by atoms with E-state index in [0.29, 0.717) is 12.5 Å². The van der Waals surface area contributed by atoms with Gasteiger partial charge in [-0.2, -0.15) is 0 Å². The van der Waals surface area contributed by atoms with Crippen LogP contribution in [0, 0.1) is 12.8 Å². The average molecular weight is 305 g/mol. The van der Waals surface area contributed by atoms with Crippen LogP contribution in [0.4, 0.5) is 9.80 Å². The number of nitrogens with one attached hydrogen (secondary N) is 1. The minimum atomic E-state index is -0.119. The Kier molecular flexibility index (Phi) is 4.85. The third-order valence-electron chi connectivity index (χ3n) is 2.85. The van der Waals surface area contributed by atoms with Crippen molar-refractivity contribution in [2.75, 3.05) is 18.5 Å². The first-order chi connectivity index (χ1) is 9.99. The summed E-state index contributed by atoms with van der Waals surface area (Å²) in [4.78, 5) is 26.2. The molecule has 2 heterocycles. The summed E-state index contributed by atoms with van der Waals surface area (Å²) in [6.07, 6.45) is 4.91. The summed E-state index contributed by atoms with van der Waals surface area (Å²) < 4.78 is 0. The van der Waals surface area contributed by atoms with Crippen molar-refractivity contribution in [1.82, 2.24) is 20.3 Å². The van der Waals surface area contributed by atoms with Crippen molar-refractivity contribution in [3.63, 3.8) is 0 Å². The molecule has 0 radical (unpaired) electrons. The van der Waals surface area contributed by atoms with Crippen LogP contribution in [0.5, 0.6) is 0 Å². The van der Waals surface area contributed by atoms with E-state index in [0.717, 1.165) is 21.3 Å². The standard InChI is InChI=1S/C14H19N5OS/c1-9(2)5-17-14(20)19(4)13-10(3)18-12(21-13)11-6-15-8-16-7-11/h6-9H,5H2,1-4H3,(H,17,20). The number of nitrogens with zero attached hydrogens (tertiary/aromatic N) is 4. The maximum atomic E-state index is 12.1. The Labute approximate surface area is 128 Å². The lowest BCUT2D eigenvalue weighted by molar-refractivity contribution is 0.246. The molecule has 2 aromatic rings. The van der Waals surface area contributed by atoms with E-state index in [1.54, 1.807) is 24.3 Å². The van der Waals surface area contributed by atoms with Crippen LogP contribution < -0.4 is 10.2 Å². The molecule has 0 fully saturated rings. The van der Waals surface area contributed by atoms with Crippen molar-refractivity contribution in [1.29, 1.82) is 0 Å². The molecule has 2 aromatic heterocycles. The molecule has 7 heteroatoms. The molecular formula is C14H19N5OS. The van der Waals surface area contributed by atoms with Gasteiger partial charge >= 0.3 is 6.03 Å². The number of aryl methyl sites for hydroxylation is 1. The van der Waals surface area contributed by atoms with E-state index in [1.165, 1.54) is 17.7 Å². The zero-order valence-corrected chi connectivity index (χ0v) is 13.4. The topological polar surface area (TPSA) is 71.0 Å². The Morgan fingerprint density at radius 1 is 1.38 bits per heavy atom. The predicted octanol–water partition coefficient (Wildman–Crippen LogP) is 2.71. The van der Waals surface area contributed by atoms with Crippen LogP contribution in [0.2, 0.25) is 0 Å². The lowest BCUT2D eigenvalue weighted by Crippen LogP contribution is -2.38. The van der Waals surface area contributed by atoms with Gasteiger partial charge in [-0.15, -0.1) is 0 Å². The fourth-order valence-corrected chi connectivity index (χ4v) is 2.74. The SMILES string of the molecule is Cc1nc(-c2cncnc2)sc1N(C)C(=O)NCC(C)C. The number of thiazole rings is 1. The van der Waals surface area contributed by atoms with Crippen LogP contribution in [-0.4, -0.2) is 34.6 Å². The number of amides is 2. The van der Waals surface area contributed by atoms with Crippen molar-refractivity contribution in [3.05, 3.63) is 24.4 Å². The van der Waals surface area contributed by atoms with Crippen molar-refractivity contribution in [2.45, 2.75) is 20.8 Å². The van der Waals surface area contributed by atoms with E-state index >= 15 is 0 Å². The van der Waals surface area contributed by atoms with Gasteiger partial charge in [-0.3, -0.25) is 4.90 Å². The Hall–Kier alpha value is -2.02. The maximum absolute atomic E-state index is 12.1. The Morgan fingerprint density at radius 2 is 2.05 bits per heavy atom. The molecule has 1 N–H and O–H groups in total. The third-order valence-corrected chi connectivity index (χ3v) is 4.13. The smallest absolute Gasteiger partial charge is 0.322 e. The highest BCUT2D eigenvalue weighted by Crippen LogP contribution is 2.33. The first-order valence-corrected chi connectivity index (χ1v) is 7.55. The van der Waals surface area contributed by atoms with Crippen LogP contribution in [0.3, 0.4) is 0 Å². The first-order valence-electron chi connectivity index (χ1n) is 6.73. The number of aromatic nitrogens is 3. The van der Waals surface area contributed by atoms with Gasteiger partial charge in [0, 0.05) is 31.5 Å². The van der Waals surface area contributed by atoms with E-state index in [1.807, 2.05) is 6.92 Å². The molecule has 0 saturated heterocycles. The number of carbonyl (C=O) groups excluding carboxylic acids is 1. The second-order valence-electron chi connectivity index (χ2n) is 5.18. The van der Waals surface area contributed by atoms with E-state index < -0.39 is 0 Å². The fourth-order valence-electron chi connectivity index (χ4n) is 1.73. The molecule has 0 aromatic carbocycles. The summed E-state index contributed by atoms with van der Waals surface area (Å²) in [5.74, 6) is 0.418. The van der Waals surface area contributed by atoms with Gasteiger partial charge in [0.05, 0.1) is 5.69 Å². The van der Waals surface area contributed by atoms with Gasteiger partial charge in [0.25, 0.3) is 0 Å². The number of anilines is 1. The summed E-state index contributed by atoms with van der Waals surface area (Å²) >= 11 is 1.46. The molecule has 0 aliphatic rings.